The van der Waals surface area contributed by atoms with E-state index in [9.17, 15) is 13.2 Å². The molecule has 0 amide bonds. The monoisotopic (exact) mass is 467 g/mol. The number of thiocarbonyl (C=S) groups is 1. The first kappa shape index (κ1) is 23.1. The lowest BCUT2D eigenvalue weighted by molar-refractivity contribution is 0.0600. The van der Waals surface area contributed by atoms with Crippen LogP contribution in [-0.2, 0) is 14.6 Å². The second-order valence-electron chi connectivity index (χ2n) is 6.58. The van der Waals surface area contributed by atoms with Gasteiger partial charge < -0.3 is 15.4 Å². The summed E-state index contributed by atoms with van der Waals surface area (Å²) < 4.78 is 30.0. The van der Waals surface area contributed by atoms with E-state index in [0.717, 1.165) is 0 Å². The van der Waals surface area contributed by atoms with E-state index in [0.29, 0.717) is 22.6 Å². The number of hydrogen-bond donors (Lipinski definition) is 2. The SMILES string of the molecule is COC(=O)c1ccc(NC(=S)N/C(=N\CS(=O)(=O)c2ccccc2)c2ccccc2)cc1. The molecule has 0 saturated carbocycles. The van der Waals surface area contributed by atoms with Gasteiger partial charge in [0.1, 0.15) is 11.7 Å². The lowest BCUT2D eigenvalue weighted by Gasteiger charge is -2.14. The number of hydrogen-bond acceptors (Lipinski definition) is 6. The molecule has 0 atom stereocenters. The number of aliphatic imine (C=N–C) groups is 1. The fourth-order valence-electron chi connectivity index (χ4n) is 2.73. The van der Waals surface area contributed by atoms with Crippen molar-refractivity contribution in [2.45, 2.75) is 4.90 Å². The van der Waals surface area contributed by atoms with E-state index in [4.69, 9.17) is 12.2 Å². The Labute approximate surface area is 192 Å². The van der Waals surface area contributed by atoms with Crippen LogP contribution >= 0.6 is 12.2 Å². The average Bonchev–Trinajstić information content (AvgIpc) is 2.83. The maximum atomic E-state index is 12.6. The quantitative estimate of drug-likeness (QED) is 0.247. The highest BCUT2D eigenvalue weighted by Crippen LogP contribution is 2.12. The van der Waals surface area contributed by atoms with E-state index >= 15 is 0 Å². The number of benzene rings is 3. The van der Waals surface area contributed by atoms with Crippen molar-refractivity contribution < 1.29 is 17.9 Å². The number of nitrogens with one attached hydrogen (secondary N) is 2. The smallest absolute Gasteiger partial charge is 0.337 e. The number of ether oxygens (including phenoxy) is 1. The second kappa shape index (κ2) is 10.7. The zero-order valence-corrected chi connectivity index (χ0v) is 18.8. The molecule has 32 heavy (non-hydrogen) atoms. The van der Waals surface area contributed by atoms with Crippen molar-refractivity contribution in [2.24, 2.45) is 4.99 Å². The zero-order chi connectivity index (χ0) is 23.0. The second-order valence-corrected chi connectivity index (χ2v) is 8.95. The Morgan fingerprint density at radius 1 is 0.906 bits per heavy atom. The Hall–Kier alpha value is -3.56. The molecule has 3 aromatic rings. The summed E-state index contributed by atoms with van der Waals surface area (Å²) in [6.07, 6.45) is 0. The van der Waals surface area contributed by atoms with Crippen LogP contribution in [-0.4, -0.2) is 38.3 Å². The molecule has 164 valence electrons. The molecule has 3 rings (SSSR count). The van der Waals surface area contributed by atoms with E-state index in [1.807, 2.05) is 18.2 Å². The molecule has 0 bridgehead atoms. The summed E-state index contributed by atoms with van der Waals surface area (Å²) in [7, 11) is -2.29. The predicted molar refractivity (Wildman–Crippen MR) is 129 cm³/mol. The van der Waals surface area contributed by atoms with Gasteiger partial charge in [-0.15, -0.1) is 0 Å². The van der Waals surface area contributed by atoms with Crippen LogP contribution in [0, 0.1) is 0 Å². The molecule has 9 heteroatoms. The Kier molecular flexibility index (Phi) is 7.69. The fourth-order valence-corrected chi connectivity index (χ4v) is 3.96. The number of esters is 1. The van der Waals surface area contributed by atoms with E-state index in [1.165, 1.54) is 19.2 Å². The molecule has 0 heterocycles. The molecule has 0 aromatic heterocycles. The molecular formula is C23H21N3O4S2. The molecule has 0 fully saturated rings. The van der Waals surface area contributed by atoms with Gasteiger partial charge in [-0.2, -0.15) is 0 Å². The summed E-state index contributed by atoms with van der Waals surface area (Å²) in [6, 6.07) is 23.8. The number of rotatable bonds is 6. The average molecular weight is 468 g/mol. The minimum Gasteiger partial charge on any atom is -0.465 e. The Morgan fingerprint density at radius 2 is 1.50 bits per heavy atom. The molecule has 2 N–H and O–H groups in total. The number of nitrogens with zero attached hydrogens (tertiary/aromatic N) is 1. The normalized spacial score (nSPS) is 11.5. The van der Waals surface area contributed by atoms with Crippen LogP contribution in [0.25, 0.3) is 0 Å². The third kappa shape index (κ3) is 6.22. The highest BCUT2D eigenvalue weighted by Gasteiger charge is 2.15. The number of carbonyl (C=O) groups is 1. The van der Waals surface area contributed by atoms with Gasteiger partial charge in [0.25, 0.3) is 0 Å². The molecule has 0 aliphatic carbocycles. The third-order valence-electron chi connectivity index (χ3n) is 4.34. The summed E-state index contributed by atoms with van der Waals surface area (Å²) in [5.41, 5.74) is 1.73. The van der Waals surface area contributed by atoms with Crippen LogP contribution in [0.15, 0.2) is 94.8 Å². The van der Waals surface area contributed by atoms with Crippen molar-refractivity contribution in [3.8, 4) is 0 Å². The van der Waals surface area contributed by atoms with Gasteiger partial charge in [-0.1, -0.05) is 48.5 Å². The Morgan fingerprint density at radius 3 is 2.09 bits per heavy atom. The first-order valence-corrected chi connectivity index (χ1v) is 11.6. The summed E-state index contributed by atoms with van der Waals surface area (Å²) in [5.74, 6) is -0.561. The van der Waals surface area contributed by atoms with Gasteiger partial charge in [0.2, 0.25) is 0 Å². The number of anilines is 1. The molecule has 0 saturated heterocycles. The highest BCUT2D eigenvalue weighted by molar-refractivity contribution is 7.91. The summed E-state index contributed by atoms with van der Waals surface area (Å²) >= 11 is 5.38. The number of amidine groups is 1. The maximum Gasteiger partial charge on any atom is 0.337 e. The first-order valence-electron chi connectivity index (χ1n) is 9.53. The van der Waals surface area contributed by atoms with E-state index < -0.39 is 21.7 Å². The molecule has 3 aromatic carbocycles. The number of sulfone groups is 1. The van der Waals surface area contributed by atoms with E-state index in [-0.39, 0.29) is 10.0 Å². The van der Waals surface area contributed by atoms with Gasteiger partial charge in [0, 0.05) is 11.3 Å². The first-order chi connectivity index (χ1) is 15.4. The molecular weight excluding hydrogens is 446 g/mol. The minimum atomic E-state index is -3.61. The van der Waals surface area contributed by atoms with Crippen LogP contribution in [0.3, 0.4) is 0 Å². The Bertz CT molecular complexity index is 1210. The molecule has 0 radical (unpaired) electrons. The van der Waals surface area contributed by atoms with E-state index in [1.54, 1.807) is 54.6 Å². The van der Waals surface area contributed by atoms with Crippen LogP contribution in [0.4, 0.5) is 5.69 Å². The topological polar surface area (TPSA) is 96.9 Å². The molecule has 0 aliphatic rings. The number of methoxy groups -OCH3 is 1. The minimum absolute atomic E-state index is 0.197. The molecule has 0 unspecified atom stereocenters. The summed E-state index contributed by atoms with van der Waals surface area (Å²) in [4.78, 5) is 16.1. The van der Waals surface area contributed by atoms with Crippen LogP contribution in [0.2, 0.25) is 0 Å². The predicted octanol–water partition coefficient (Wildman–Crippen LogP) is 3.64. The van der Waals surface area contributed by atoms with Crippen LogP contribution in [0.5, 0.6) is 0 Å². The third-order valence-corrected chi connectivity index (χ3v) is 6.00. The molecule has 7 nitrogen and oxygen atoms in total. The highest BCUT2D eigenvalue weighted by atomic mass is 32.2. The van der Waals surface area contributed by atoms with Crippen molar-refractivity contribution >= 4 is 44.7 Å². The van der Waals surface area contributed by atoms with Crippen molar-refractivity contribution in [1.82, 2.24) is 5.32 Å². The van der Waals surface area contributed by atoms with Gasteiger partial charge in [-0.3, -0.25) is 4.99 Å². The molecule has 0 aliphatic heterocycles. The zero-order valence-electron chi connectivity index (χ0n) is 17.2. The molecule has 0 spiro atoms. The van der Waals surface area contributed by atoms with Gasteiger partial charge in [-0.05, 0) is 48.6 Å². The fraction of sp³-hybridized carbons (Fsp3) is 0.0870. The number of carbonyl (C=O) groups excluding carboxylic acids is 1. The van der Waals surface area contributed by atoms with Gasteiger partial charge in [-0.25, -0.2) is 13.2 Å². The van der Waals surface area contributed by atoms with Crippen LogP contribution < -0.4 is 10.6 Å². The van der Waals surface area contributed by atoms with Crippen molar-refractivity contribution in [2.75, 3.05) is 18.3 Å². The lowest BCUT2D eigenvalue weighted by Crippen LogP contribution is -2.35. The Balaban J connectivity index is 1.77. The van der Waals surface area contributed by atoms with Gasteiger partial charge in [0.05, 0.1) is 17.6 Å². The van der Waals surface area contributed by atoms with Gasteiger partial charge >= 0.3 is 5.97 Å². The largest absolute Gasteiger partial charge is 0.465 e. The standard InChI is InChI=1S/C23H21N3O4S2/c1-30-22(27)18-12-14-19(15-13-18)25-23(31)26-21(17-8-4-2-5-9-17)24-16-32(28,29)20-10-6-3-7-11-20/h2-15H,16H2,1H3,(H2,24,25,26,31). The van der Waals surface area contributed by atoms with Crippen LogP contribution in [0.1, 0.15) is 15.9 Å². The van der Waals surface area contributed by atoms with Gasteiger partial charge in [0.15, 0.2) is 14.9 Å². The van der Waals surface area contributed by atoms with Crippen molar-refractivity contribution in [3.05, 3.63) is 96.1 Å². The van der Waals surface area contributed by atoms with Crippen molar-refractivity contribution in [1.29, 1.82) is 0 Å². The lowest BCUT2D eigenvalue weighted by atomic mass is 10.2. The van der Waals surface area contributed by atoms with E-state index in [2.05, 4.69) is 20.4 Å². The van der Waals surface area contributed by atoms with Crippen molar-refractivity contribution in [3.63, 3.8) is 0 Å². The summed E-state index contributed by atoms with van der Waals surface area (Å²) in [6.45, 7) is 0. The summed E-state index contributed by atoms with van der Waals surface area (Å²) in [5, 5.41) is 6.18. The maximum absolute atomic E-state index is 12.6.